The molecule has 2 heterocycles. The van der Waals surface area contributed by atoms with Crippen LogP contribution in [0, 0.1) is 10.1 Å². The van der Waals surface area contributed by atoms with Gasteiger partial charge in [-0.05, 0) is 49.9 Å². The Balaban J connectivity index is 1.60. The maximum absolute atomic E-state index is 13.5. The topological polar surface area (TPSA) is 97.4 Å². The molecule has 1 unspecified atom stereocenters. The molecule has 1 atom stereocenters. The summed E-state index contributed by atoms with van der Waals surface area (Å²) < 4.78 is 1.66. The van der Waals surface area contributed by atoms with Crippen LogP contribution in [0.5, 0.6) is 0 Å². The van der Waals surface area contributed by atoms with Crippen molar-refractivity contribution >= 4 is 17.3 Å². The summed E-state index contributed by atoms with van der Waals surface area (Å²) in [5, 5.41) is 15.5. The quantitative estimate of drug-likeness (QED) is 0.430. The van der Waals surface area contributed by atoms with Crippen LogP contribution in [0.2, 0.25) is 0 Å². The number of nitrogens with zero attached hydrogens (tertiary/aromatic N) is 6. The zero-order valence-corrected chi connectivity index (χ0v) is 18.2. The molecule has 0 saturated carbocycles. The van der Waals surface area contributed by atoms with E-state index >= 15 is 0 Å². The number of benzene rings is 2. The van der Waals surface area contributed by atoms with Gasteiger partial charge in [-0.1, -0.05) is 12.1 Å². The molecular formula is C23H26N6O3. The number of aromatic nitrogens is 3. The number of piperidine rings is 1. The Morgan fingerprint density at radius 2 is 1.84 bits per heavy atom. The number of anilines is 1. The number of nitro groups is 1. The van der Waals surface area contributed by atoms with Gasteiger partial charge >= 0.3 is 0 Å². The first-order valence-corrected chi connectivity index (χ1v) is 10.7. The third-order valence-electron chi connectivity index (χ3n) is 6.08. The maximum Gasteiger partial charge on any atom is 0.270 e. The predicted molar refractivity (Wildman–Crippen MR) is 121 cm³/mol. The average molecular weight is 435 g/mol. The highest BCUT2D eigenvalue weighted by atomic mass is 16.6. The normalized spacial score (nSPS) is 14.8. The van der Waals surface area contributed by atoms with Crippen molar-refractivity contribution in [3.63, 3.8) is 0 Å². The van der Waals surface area contributed by atoms with Crippen LogP contribution in [0.25, 0.3) is 5.69 Å². The van der Waals surface area contributed by atoms with E-state index in [1.165, 1.54) is 18.5 Å². The lowest BCUT2D eigenvalue weighted by Crippen LogP contribution is -2.34. The molecule has 0 bridgehead atoms. The molecule has 0 N–H and O–H groups in total. The Hall–Kier alpha value is -3.75. The van der Waals surface area contributed by atoms with Crippen molar-refractivity contribution in [1.82, 2.24) is 19.7 Å². The molecule has 0 spiro atoms. The molecule has 2 aromatic carbocycles. The van der Waals surface area contributed by atoms with Gasteiger partial charge in [-0.3, -0.25) is 14.9 Å². The summed E-state index contributed by atoms with van der Waals surface area (Å²) in [6.07, 6.45) is 6.36. The van der Waals surface area contributed by atoms with Gasteiger partial charge in [0.05, 0.1) is 27.9 Å². The Morgan fingerprint density at radius 3 is 2.47 bits per heavy atom. The maximum atomic E-state index is 13.5. The Kier molecular flexibility index (Phi) is 6.16. The number of rotatable bonds is 6. The van der Waals surface area contributed by atoms with Crippen molar-refractivity contribution < 1.29 is 9.72 Å². The van der Waals surface area contributed by atoms with Crippen LogP contribution in [0.4, 0.5) is 11.4 Å². The molecule has 166 valence electrons. The largest absolute Gasteiger partial charge is 0.371 e. The van der Waals surface area contributed by atoms with Gasteiger partial charge in [-0.2, -0.15) is 5.10 Å². The molecule has 0 aliphatic carbocycles. The smallest absolute Gasteiger partial charge is 0.270 e. The monoisotopic (exact) mass is 434 g/mol. The Bertz CT molecular complexity index is 1090. The standard InChI is InChI=1S/C23H26N6O3/c1-17(18-6-8-19(9-7-18)28-16-24-15-25-28)26(2)23(30)21-14-20(29(31)32)10-11-22(21)27-12-4-3-5-13-27/h6-11,14-17H,3-5,12-13H2,1-2H3. The van der Waals surface area contributed by atoms with Gasteiger partial charge in [0, 0.05) is 32.3 Å². The number of amides is 1. The molecule has 32 heavy (non-hydrogen) atoms. The van der Waals surface area contributed by atoms with Gasteiger partial charge in [-0.15, -0.1) is 0 Å². The summed E-state index contributed by atoms with van der Waals surface area (Å²) in [4.78, 5) is 32.2. The summed E-state index contributed by atoms with van der Waals surface area (Å²) in [6.45, 7) is 3.64. The van der Waals surface area contributed by atoms with Gasteiger partial charge < -0.3 is 9.80 Å². The molecule has 3 aromatic rings. The van der Waals surface area contributed by atoms with Crippen LogP contribution in [0.15, 0.2) is 55.1 Å². The van der Waals surface area contributed by atoms with E-state index in [-0.39, 0.29) is 17.6 Å². The van der Waals surface area contributed by atoms with Gasteiger partial charge in [-0.25, -0.2) is 9.67 Å². The number of carbonyl (C=O) groups is 1. The summed E-state index contributed by atoms with van der Waals surface area (Å²) >= 11 is 0. The molecule has 1 amide bonds. The molecule has 0 radical (unpaired) electrons. The lowest BCUT2D eigenvalue weighted by molar-refractivity contribution is -0.384. The van der Waals surface area contributed by atoms with E-state index in [9.17, 15) is 14.9 Å². The van der Waals surface area contributed by atoms with Crippen molar-refractivity contribution in [3.05, 3.63) is 76.4 Å². The summed E-state index contributed by atoms with van der Waals surface area (Å²) in [7, 11) is 1.73. The molecule has 9 nitrogen and oxygen atoms in total. The summed E-state index contributed by atoms with van der Waals surface area (Å²) in [6, 6.07) is 12.1. The fourth-order valence-electron chi connectivity index (χ4n) is 4.06. The second-order valence-corrected chi connectivity index (χ2v) is 8.03. The predicted octanol–water partition coefficient (Wildman–Crippen LogP) is 4.00. The Morgan fingerprint density at radius 1 is 1.12 bits per heavy atom. The minimum Gasteiger partial charge on any atom is -0.371 e. The van der Waals surface area contributed by atoms with Gasteiger partial charge in [0.15, 0.2) is 0 Å². The molecular weight excluding hydrogens is 408 g/mol. The molecule has 1 aromatic heterocycles. The van der Waals surface area contributed by atoms with Crippen molar-refractivity contribution in [1.29, 1.82) is 0 Å². The van der Waals surface area contributed by atoms with Crippen LogP contribution < -0.4 is 4.90 Å². The number of carbonyl (C=O) groups excluding carboxylic acids is 1. The first-order valence-electron chi connectivity index (χ1n) is 10.7. The highest BCUT2D eigenvalue weighted by molar-refractivity contribution is 6.00. The number of nitro benzene ring substituents is 1. The second kappa shape index (κ2) is 9.17. The molecule has 1 aliphatic heterocycles. The fraction of sp³-hybridized carbons (Fsp3) is 0.348. The van der Waals surface area contributed by atoms with E-state index in [4.69, 9.17) is 0 Å². The highest BCUT2D eigenvalue weighted by Crippen LogP contribution is 2.31. The van der Waals surface area contributed by atoms with Crippen molar-refractivity contribution in [2.75, 3.05) is 25.0 Å². The lowest BCUT2D eigenvalue weighted by atomic mass is 10.0. The number of hydrogen-bond donors (Lipinski definition) is 0. The second-order valence-electron chi connectivity index (χ2n) is 8.03. The summed E-state index contributed by atoms with van der Waals surface area (Å²) in [5.41, 5.74) is 2.89. The minimum absolute atomic E-state index is 0.0765. The molecule has 1 saturated heterocycles. The van der Waals surface area contributed by atoms with E-state index in [0.717, 1.165) is 49.3 Å². The minimum atomic E-state index is -0.455. The van der Waals surface area contributed by atoms with E-state index in [1.54, 1.807) is 29.0 Å². The van der Waals surface area contributed by atoms with Crippen LogP contribution in [0.1, 0.15) is 48.1 Å². The number of hydrogen-bond acceptors (Lipinski definition) is 6. The van der Waals surface area contributed by atoms with Gasteiger partial charge in [0.1, 0.15) is 12.7 Å². The van der Waals surface area contributed by atoms with E-state index < -0.39 is 4.92 Å². The SMILES string of the molecule is CC(c1ccc(-n2cncn2)cc1)N(C)C(=O)c1cc([N+](=O)[O-])ccc1N1CCCCC1. The van der Waals surface area contributed by atoms with Crippen LogP contribution in [-0.2, 0) is 0 Å². The molecule has 9 heteroatoms. The zero-order chi connectivity index (χ0) is 22.7. The van der Waals surface area contributed by atoms with E-state index in [2.05, 4.69) is 15.0 Å². The lowest BCUT2D eigenvalue weighted by Gasteiger charge is -2.32. The molecule has 1 aliphatic rings. The first kappa shape index (κ1) is 21.5. The summed E-state index contributed by atoms with van der Waals surface area (Å²) in [5.74, 6) is -0.234. The molecule has 1 fully saturated rings. The molecule has 4 rings (SSSR count). The highest BCUT2D eigenvalue weighted by Gasteiger charge is 2.26. The first-order chi connectivity index (χ1) is 15.5. The van der Waals surface area contributed by atoms with Crippen LogP contribution in [-0.4, -0.2) is 50.6 Å². The van der Waals surface area contributed by atoms with E-state index in [1.807, 2.05) is 31.2 Å². The van der Waals surface area contributed by atoms with Crippen molar-refractivity contribution in [2.45, 2.75) is 32.2 Å². The average Bonchev–Trinajstić information content (AvgIpc) is 3.38. The fourth-order valence-corrected chi connectivity index (χ4v) is 4.06. The van der Waals surface area contributed by atoms with Crippen molar-refractivity contribution in [3.8, 4) is 5.69 Å². The van der Waals surface area contributed by atoms with Gasteiger partial charge in [0.2, 0.25) is 0 Å². The van der Waals surface area contributed by atoms with E-state index in [0.29, 0.717) is 5.56 Å². The Labute approximate surface area is 186 Å². The third kappa shape index (κ3) is 4.32. The zero-order valence-electron chi connectivity index (χ0n) is 18.2. The van der Waals surface area contributed by atoms with Crippen LogP contribution >= 0.6 is 0 Å². The van der Waals surface area contributed by atoms with Gasteiger partial charge in [0.25, 0.3) is 11.6 Å². The van der Waals surface area contributed by atoms with Crippen LogP contribution in [0.3, 0.4) is 0 Å². The third-order valence-corrected chi connectivity index (χ3v) is 6.08. The number of non-ortho nitro benzene ring substituents is 1. The van der Waals surface area contributed by atoms with Crippen molar-refractivity contribution in [2.24, 2.45) is 0 Å².